The van der Waals surface area contributed by atoms with Gasteiger partial charge in [0, 0.05) is 0 Å². The first-order chi connectivity index (χ1) is 15.9. The standard InChI is InChI=1S/C18H13.C12H10.CH2.2ClH.Zr/c1-2-7-13(6-1)15-10-5-11-17-16-9-4-3-8-14(16)12-18(15)17;1-3-7-11(8-4-1)12-9-5-2-6-10-12;;;;/h1-6,8-12H,7H2;1-10H;1H2;2*1H;/q-1;;;;;. The summed E-state index contributed by atoms with van der Waals surface area (Å²) in [5.41, 5.74) is 8.12. The number of rotatable bonds is 2. The van der Waals surface area contributed by atoms with Crippen molar-refractivity contribution in [2.45, 2.75) is 6.42 Å². The quantitative estimate of drug-likeness (QED) is 0.189. The van der Waals surface area contributed by atoms with Gasteiger partial charge in [-0.15, -0.1) is 66.3 Å². The Morgan fingerprint density at radius 3 is 1.85 bits per heavy atom. The van der Waals surface area contributed by atoms with Gasteiger partial charge in [-0.3, -0.25) is 0 Å². The van der Waals surface area contributed by atoms with Crippen LogP contribution < -0.4 is 0 Å². The molecule has 0 saturated carbocycles. The summed E-state index contributed by atoms with van der Waals surface area (Å²) in [5, 5.41) is 2.70. The Labute approximate surface area is 229 Å². The van der Waals surface area contributed by atoms with Crippen LogP contribution in [-0.2, 0) is 24.2 Å². The number of benzene rings is 4. The van der Waals surface area contributed by atoms with Gasteiger partial charge in [-0.2, -0.15) is 0 Å². The first-order valence-corrected chi connectivity index (χ1v) is 12.5. The summed E-state index contributed by atoms with van der Waals surface area (Å²) in [5.74, 6) is 0. The van der Waals surface area contributed by atoms with E-state index in [2.05, 4.69) is 120 Å². The van der Waals surface area contributed by atoms with Gasteiger partial charge >= 0.3 is 28.4 Å². The Balaban J connectivity index is 0.000000226. The summed E-state index contributed by atoms with van der Waals surface area (Å²) in [6.45, 7) is 0. The zero-order valence-electron chi connectivity index (χ0n) is 18.9. The number of hydrogen-bond acceptors (Lipinski definition) is 0. The Bertz CT molecular complexity index is 1280. The second-order valence-electron chi connectivity index (χ2n) is 7.55. The van der Waals surface area contributed by atoms with Gasteiger partial charge in [0.15, 0.2) is 0 Å². The molecule has 34 heavy (non-hydrogen) atoms. The molecule has 0 fully saturated rings. The Hall–Kier alpha value is -2.44. The fourth-order valence-electron chi connectivity index (χ4n) is 4.17. The summed E-state index contributed by atoms with van der Waals surface area (Å²) in [6, 6.07) is 38.4. The maximum atomic E-state index is 3.34. The topological polar surface area (TPSA) is 0 Å². The number of allylic oxidation sites excluding steroid dienone is 4. The molecule has 0 saturated heterocycles. The van der Waals surface area contributed by atoms with Crippen LogP contribution in [0.2, 0.25) is 0 Å². The van der Waals surface area contributed by atoms with E-state index in [1.807, 2.05) is 12.1 Å². The fraction of sp³-hybridized carbons (Fsp3) is 0.0323. The van der Waals surface area contributed by atoms with Crippen molar-refractivity contribution < 1.29 is 24.2 Å². The third-order valence-electron chi connectivity index (χ3n) is 5.66. The summed E-state index contributed by atoms with van der Waals surface area (Å²) in [7, 11) is 0. The smallest absolute Gasteiger partial charge is 0.0184 e. The Morgan fingerprint density at radius 1 is 0.676 bits per heavy atom. The molecule has 3 heteroatoms. The van der Waals surface area contributed by atoms with E-state index < -0.39 is 0 Å². The van der Waals surface area contributed by atoms with Crippen molar-refractivity contribution in [3.63, 3.8) is 0 Å². The van der Waals surface area contributed by atoms with E-state index in [0.29, 0.717) is 0 Å². The second kappa shape index (κ2) is 14.1. The number of hydrogen-bond donors (Lipinski definition) is 0. The average molecular weight is 562 g/mol. The molecular weight excluding hydrogens is 534 g/mol. The van der Waals surface area contributed by atoms with Gasteiger partial charge in [-0.25, -0.2) is 0 Å². The van der Waals surface area contributed by atoms with Gasteiger partial charge < -0.3 is 0 Å². The van der Waals surface area contributed by atoms with Crippen molar-refractivity contribution in [2.24, 2.45) is 0 Å². The molecule has 170 valence electrons. The first-order valence-electron chi connectivity index (χ1n) is 10.8. The normalized spacial score (nSPS) is 11.2. The molecule has 0 aliphatic heterocycles. The largest absolute Gasteiger partial charge is 0.0622 e. The van der Waals surface area contributed by atoms with Crippen LogP contribution in [0, 0.1) is 0 Å². The Morgan fingerprint density at radius 2 is 1.26 bits per heavy atom. The van der Waals surface area contributed by atoms with Crippen LogP contribution in [0.5, 0.6) is 0 Å². The van der Waals surface area contributed by atoms with E-state index in [0.717, 1.165) is 6.42 Å². The molecule has 3 aliphatic rings. The van der Waals surface area contributed by atoms with E-state index >= 15 is 0 Å². The summed E-state index contributed by atoms with van der Waals surface area (Å²) in [4.78, 5) is 0. The average Bonchev–Trinajstić information content (AvgIpc) is 3.55. The molecule has 0 aromatic heterocycles. The minimum absolute atomic E-state index is 0. The van der Waals surface area contributed by atoms with Crippen molar-refractivity contribution in [2.75, 3.05) is 0 Å². The van der Waals surface area contributed by atoms with Crippen LogP contribution in [-0.4, -0.2) is 4.21 Å². The molecule has 0 spiro atoms. The third-order valence-corrected chi connectivity index (χ3v) is 5.66. The van der Waals surface area contributed by atoms with E-state index in [1.165, 1.54) is 68.4 Å². The van der Waals surface area contributed by atoms with Gasteiger partial charge in [0.2, 0.25) is 0 Å². The van der Waals surface area contributed by atoms with Crippen LogP contribution in [0.4, 0.5) is 0 Å². The predicted octanol–water partition coefficient (Wildman–Crippen LogP) is 9.17. The van der Waals surface area contributed by atoms with Gasteiger partial charge in [-0.05, 0) is 17.5 Å². The SMILES string of the molecule is C1=CCC([c-]2cccc3c4ccccc4cc2-3)=C1.Cl.Cl.[CH2]=[Zr].c1ccc(-c2ccccc2)cc1. The molecule has 0 nitrogen and oxygen atoms in total. The van der Waals surface area contributed by atoms with Crippen LogP contribution in [0.1, 0.15) is 12.0 Å². The summed E-state index contributed by atoms with van der Waals surface area (Å²) < 4.78 is 3.34. The molecule has 6 rings (SSSR count). The van der Waals surface area contributed by atoms with Gasteiger partial charge in [0.05, 0.1) is 0 Å². The van der Waals surface area contributed by atoms with E-state index in [4.69, 9.17) is 0 Å². The zero-order valence-corrected chi connectivity index (χ0v) is 22.9. The van der Waals surface area contributed by atoms with Crippen LogP contribution in [0.15, 0.2) is 127 Å². The van der Waals surface area contributed by atoms with Crippen LogP contribution >= 0.6 is 24.8 Å². The van der Waals surface area contributed by atoms with Crippen molar-refractivity contribution in [3.8, 4) is 22.3 Å². The summed E-state index contributed by atoms with van der Waals surface area (Å²) in [6.07, 6.45) is 7.65. The molecule has 0 amide bonds. The summed E-state index contributed by atoms with van der Waals surface area (Å²) >= 11 is 1.30. The van der Waals surface area contributed by atoms with Crippen molar-refractivity contribution >= 4 is 45.4 Å². The molecule has 0 bridgehead atoms. The van der Waals surface area contributed by atoms with Crippen molar-refractivity contribution in [3.05, 3.63) is 133 Å². The second-order valence-corrected chi connectivity index (χ2v) is 7.55. The molecular formula is C31H27Cl2Zr-. The molecule has 0 radical (unpaired) electrons. The van der Waals surface area contributed by atoms with Crippen molar-refractivity contribution in [1.82, 2.24) is 0 Å². The molecule has 0 unspecified atom stereocenters. The third kappa shape index (κ3) is 6.36. The van der Waals surface area contributed by atoms with E-state index in [-0.39, 0.29) is 24.8 Å². The molecule has 3 aliphatic carbocycles. The van der Waals surface area contributed by atoms with E-state index in [1.54, 1.807) is 0 Å². The monoisotopic (exact) mass is 559 g/mol. The minimum Gasteiger partial charge on any atom is -0.0622 e. The fourth-order valence-corrected chi connectivity index (χ4v) is 4.17. The van der Waals surface area contributed by atoms with Crippen molar-refractivity contribution in [1.29, 1.82) is 0 Å². The van der Waals surface area contributed by atoms with Crippen LogP contribution in [0.25, 0.3) is 38.6 Å². The predicted molar refractivity (Wildman–Crippen MR) is 151 cm³/mol. The molecule has 0 N–H and O–H groups in total. The molecule has 3 aromatic rings. The molecule has 0 heterocycles. The van der Waals surface area contributed by atoms with Gasteiger partial charge in [-0.1, -0.05) is 119 Å². The number of fused-ring (bicyclic) bond motifs is 3. The Kier molecular flexibility index (Phi) is 11.5. The van der Waals surface area contributed by atoms with Crippen LogP contribution in [0.3, 0.4) is 0 Å². The van der Waals surface area contributed by atoms with Gasteiger partial charge in [0.25, 0.3) is 0 Å². The minimum atomic E-state index is 0. The zero-order chi connectivity index (χ0) is 22.2. The molecule has 0 atom stereocenters. The van der Waals surface area contributed by atoms with Gasteiger partial charge in [0.1, 0.15) is 0 Å². The van der Waals surface area contributed by atoms with E-state index in [9.17, 15) is 0 Å². The number of halogens is 2. The maximum absolute atomic E-state index is 3.34. The first kappa shape index (κ1) is 27.8. The maximum Gasteiger partial charge on any atom is -0.0184 e. The molecule has 3 aromatic carbocycles.